The SMILES string of the molecule is CC[C@@H](C)[C@@H](NC(=O)COC(=O)c1cc(C)ccc1C)C(=O)OC. The number of carbonyl (C=O) groups is 3. The van der Waals surface area contributed by atoms with Gasteiger partial charge in [-0.2, -0.15) is 0 Å². The summed E-state index contributed by atoms with van der Waals surface area (Å²) >= 11 is 0. The van der Waals surface area contributed by atoms with E-state index < -0.39 is 30.5 Å². The number of esters is 2. The number of benzene rings is 1. The summed E-state index contributed by atoms with van der Waals surface area (Å²) in [6.45, 7) is 6.97. The van der Waals surface area contributed by atoms with Crippen LogP contribution >= 0.6 is 0 Å². The maximum Gasteiger partial charge on any atom is 0.338 e. The highest BCUT2D eigenvalue weighted by Gasteiger charge is 2.27. The summed E-state index contributed by atoms with van der Waals surface area (Å²) in [6.07, 6.45) is 0.697. The van der Waals surface area contributed by atoms with Gasteiger partial charge in [-0.15, -0.1) is 0 Å². The van der Waals surface area contributed by atoms with Crippen molar-refractivity contribution in [2.45, 2.75) is 40.2 Å². The first-order valence-corrected chi connectivity index (χ1v) is 7.91. The van der Waals surface area contributed by atoms with Gasteiger partial charge >= 0.3 is 11.9 Å². The zero-order chi connectivity index (χ0) is 18.3. The Morgan fingerprint density at radius 3 is 2.46 bits per heavy atom. The van der Waals surface area contributed by atoms with Crippen LogP contribution in [0.4, 0.5) is 0 Å². The van der Waals surface area contributed by atoms with Crippen molar-refractivity contribution in [3.8, 4) is 0 Å². The predicted molar refractivity (Wildman–Crippen MR) is 89.6 cm³/mol. The molecule has 1 rings (SSSR count). The third-order valence-corrected chi connectivity index (χ3v) is 3.93. The Bertz CT molecular complexity index is 611. The monoisotopic (exact) mass is 335 g/mol. The summed E-state index contributed by atoms with van der Waals surface area (Å²) in [5.74, 6) is -1.71. The maximum atomic E-state index is 12.1. The van der Waals surface area contributed by atoms with Gasteiger partial charge in [0, 0.05) is 0 Å². The molecule has 2 atom stereocenters. The molecule has 1 aromatic carbocycles. The number of aryl methyl sites for hydroxylation is 2. The average molecular weight is 335 g/mol. The molecule has 6 heteroatoms. The van der Waals surface area contributed by atoms with Crippen molar-refractivity contribution < 1.29 is 23.9 Å². The van der Waals surface area contributed by atoms with Crippen molar-refractivity contribution >= 4 is 17.8 Å². The Balaban J connectivity index is 2.66. The minimum atomic E-state index is -0.757. The van der Waals surface area contributed by atoms with Crippen LogP contribution in [0.5, 0.6) is 0 Å². The molecule has 0 unspecified atom stereocenters. The smallest absolute Gasteiger partial charge is 0.338 e. The molecule has 1 amide bonds. The summed E-state index contributed by atoms with van der Waals surface area (Å²) in [7, 11) is 1.27. The van der Waals surface area contributed by atoms with E-state index in [2.05, 4.69) is 5.32 Å². The van der Waals surface area contributed by atoms with E-state index >= 15 is 0 Å². The van der Waals surface area contributed by atoms with Crippen molar-refractivity contribution in [1.29, 1.82) is 0 Å². The van der Waals surface area contributed by atoms with E-state index in [1.165, 1.54) is 7.11 Å². The molecule has 0 saturated carbocycles. The normalized spacial score (nSPS) is 12.9. The van der Waals surface area contributed by atoms with Crippen LogP contribution in [0.2, 0.25) is 0 Å². The quantitative estimate of drug-likeness (QED) is 0.772. The van der Waals surface area contributed by atoms with Crippen molar-refractivity contribution in [3.63, 3.8) is 0 Å². The summed E-state index contributed by atoms with van der Waals surface area (Å²) in [4.78, 5) is 35.8. The number of ether oxygens (including phenoxy) is 2. The lowest BCUT2D eigenvalue weighted by atomic mass is 9.99. The van der Waals surface area contributed by atoms with Gasteiger partial charge in [-0.25, -0.2) is 9.59 Å². The van der Waals surface area contributed by atoms with Gasteiger partial charge < -0.3 is 14.8 Å². The lowest BCUT2D eigenvalue weighted by Gasteiger charge is -2.21. The minimum Gasteiger partial charge on any atom is -0.467 e. The van der Waals surface area contributed by atoms with Crippen molar-refractivity contribution in [2.75, 3.05) is 13.7 Å². The molecular formula is C18H25NO5. The largest absolute Gasteiger partial charge is 0.467 e. The second-order valence-electron chi connectivity index (χ2n) is 5.85. The molecule has 0 aliphatic heterocycles. The summed E-state index contributed by atoms with van der Waals surface area (Å²) < 4.78 is 9.75. The van der Waals surface area contributed by atoms with Gasteiger partial charge in [0.1, 0.15) is 6.04 Å². The fourth-order valence-electron chi connectivity index (χ4n) is 2.18. The van der Waals surface area contributed by atoms with Crippen LogP contribution in [0.1, 0.15) is 41.8 Å². The second kappa shape index (κ2) is 9.05. The van der Waals surface area contributed by atoms with Crippen LogP contribution < -0.4 is 5.32 Å². The molecule has 0 heterocycles. The van der Waals surface area contributed by atoms with Crippen molar-refractivity contribution in [3.05, 3.63) is 34.9 Å². The predicted octanol–water partition coefficient (Wildman–Crippen LogP) is 2.16. The van der Waals surface area contributed by atoms with Gasteiger partial charge in [0.25, 0.3) is 5.91 Å². The van der Waals surface area contributed by atoms with Crippen LogP contribution in [-0.2, 0) is 19.1 Å². The van der Waals surface area contributed by atoms with Gasteiger partial charge in [0.2, 0.25) is 0 Å². The summed E-state index contributed by atoms with van der Waals surface area (Å²) in [5.41, 5.74) is 2.13. The summed E-state index contributed by atoms with van der Waals surface area (Å²) in [6, 6.07) is 4.67. The van der Waals surface area contributed by atoms with E-state index in [-0.39, 0.29) is 5.92 Å². The van der Waals surface area contributed by atoms with Crippen LogP contribution in [0.15, 0.2) is 18.2 Å². The van der Waals surface area contributed by atoms with E-state index in [1.54, 1.807) is 13.0 Å². The number of amides is 1. The lowest BCUT2D eigenvalue weighted by molar-refractivity contribution is -0.147. The zero-order valence-corrected chi connectivity index (χ0v) is 14.8. The Morgan fingerprint density at radius 2 is 1.88 bits per heavy atom. The van der Waals surface area contributed by atoms with E-state index in [0.717, 1.165) is 11.1 Å². The van der Waals surface area contributed by atoms with E-state index in [4.69, 9.17) is 9.47 Å². The standard InChI is InChI=1S/C18H25NO5/c1-6-12(3)16(18(22)23-5)19-15(20)10-24-17(21)14-9-11(2)7-8-13(14)4/h7-9,12,16H,6,10H2,1-5H3,(H,19,20)/t12-,16-/m1/s1. The first kappa shape index (κ1) is 19.7. The van der Waals surface area contributed by atoms with Crippen molar-refractivity contribution in [2.24, 2.45) is 5.92 Å². The molecule has 24 heavy (non-hydrogen) atoms. The second-order valence-corrected chi connectivity index (χ2v) is 5.85. The molecule has 0 radical (unpaired) electrons. The molecule has 6 nitrogen and oxygen atoms in total. The number of hydrogen-bond acceptors (Lipinski definition) is 5. The van der Waals surface area contributed by atoms with Gasteiger partial charge in [0.15, 0.2) is 6.61 Å². The summed E-state index contributed by atoms with van der Waals surface area (Å²) in [5, 5.41) is 2.56. The highest BCUT2D eigenvalue weighted by Crippen LogP contribution is 2.12. The van der Waals surface area contributed by atoms with Gasteiger partial charge in [-0.1, -0.05) is 38.0 Å². The fraction of sp³-hybridized carbons (Fsp3) is 0.500. The highest BCUT2D eigenvalue weighted by molar-refractivity contribution is 5.93. The molecule has 0 saturated heterocycles. The topological polar surface area (TPSA) is 81.7 Å². The first-order chi connectivity index (χ1) is 11.3. The van der Waals surface area contributed by atoms with Gasteiger partial charge in [-0.05, 0) is 31.4 Å². The fourth-order valence-corrected chi connectivity index (χ4v) is 2.18. The van der Waals surface area contributed by atoms with E-state index in [0.29, 0.717) is 12.0 Å². The third kappa shape index (κ3) is 5.37. The first-order valence-electron chi connectivity index (χ1n) is 7.91. The molecule has 0 aliphatic rings. The van der Waals surface area contributed by atoms with Crippen LogP contribution in [0.25, 0.3) is 0 Å². The van der Waals surface area contributed by atoms with E-state index in [9.17, 15) is 14.4 Å². The average Bonchev–Trinajstić information content (AvgIpc) is 2.58. The number of carbonyl (C=O) groups excluding carboxylic acids is 3. The molecule has 0 aliphatic carbocycles. The zero-order valence-electron chi connectivity index (χ0n) is 14.8. The Morgan fingerprint density at radius 1 is 1.21 bits per heavy atom. The Hall–Kier alpha value is -2.37. The Labute approximate surface area is 142 Å². The molecule has 0 fully saturated rings. The lowest BCUT2D eigenvalue weighted by Crippen LogP contribution is -2.47. The number of hydrogen-bond donors (Lipinski definition) is 1. The molecule has 132 valence electrons. The molecular weight excluding hydrogens is 310 g/mol. The molecule has 0 aromatic heterocycles. The van der Waals surface area contributed by atoms with Crippen LogP contribution in [0, 0.1) is 19.8 Å². The van der Waals surface area contributed by atoms with Crippen molar-refractivity contribution in [1.82, 2.24) is 5.32 Å². The van der Waals surface area contributed by atoms with Gasteiger partial charge in [0.05, 0.1) is 12.7 Å². The number of rotatable bonds is 7. The molecule has 0 bridgehead atoms. The van der Waals surface area contributed by atoms with Crippen LogP contribution in [0.3, 0.4) is 0 Å². The highest BCUT2D eigenvalue weighted by atomic mass is 16.5. The molecule has 1 aromatic rings. The third-order valence-electron chi connectivity index (χ3n) is 3.93. The number of nitrogens with one attached hydrogen (secondary N) is 1. The molecule has 1 N–H and O–H groups in total. The van der Waals surface area contributed by atoms with Crippen LogP contribution in [-0.4, -0.2) is 37.6 Å². The maximum absolute atomic E-state index is 12.1. The number of methoxy groups -OCH3 is 1. The van der Waals surface area contributed by atoms with Gasteiger partial charge in [-0.3, -0.25) is 4.79 Å². The Kier molecular flexibility index (Phi) is 7.42. The van der Waals surface area contributed by atoms with E-state index in [1.807, 2.05) is 32.9 Å². The minimum absolute atomic E-state index is 0.0869. The molecule has 0 spiro atoms.